The molecule has 1 heterocycles. The maximum atomic E-state index is 12.6. The molecule has 1 aromatic rings. The van der Waals surface area contributed by atoms with Crippen LogP contribution >= 0.6 is 0 Å². The minimum absolute atomic E-state index is 0.0184. The summed E-state index contributed by atoms with van der Waals surface area (Å²) in [6, 6.07) is 10.3. The quantitative estimate of drug-likeness (QED) is 0.866. The fraction of sp³-hybridized carbons (Fsp3) is 0.533. The van der Waals surface area contributed by atoms with E-state index in [-0.39, 0.29) is 23.4 Å². The minimum Gasteiger partial charge on any atom is -0.334 e. The fourth-order valence-corrected chi connectivity index (χ4v) is 3.30. The van der Waals surface area contributed by atoms with Crippen LogP contribution in [0.2, 0.25) is 0 Å². The molecule has 3 rings (SSSR count). The summed E-state index contributed by atoms with van der Waals surface area (Å²) in [5.74, 6) is 0.276. The SMILES string of the molecule is CC(c1ccccc1)N1CC(N)C2(CCC2)C1=O. The summed E-state index contributed by atoms with van der Waals surface area (Å²) in [5, 5.41) is 0. The number of carbonyl (C=O) groups excluding carboxylic acids is 1. The van der Waals surface area contributed by atoms with E-state index in [1.165, 1.54) is 5.56 Å². The van der Waals surface area contributed by atoms with Crippen molar-refractivity contribution in [1.29, 1.82) is 0 Å². The van der Waals surface area contributed by atoms with E-state index < -0.39 is 0 Å². The molecule has 0 radical (unpaired) electrons. The molecule has 0 bridgehead atoms. The van der Waals surface area contributed by atoms with Gasteiger partial charge in [0, 0.05) is 12.6 Å². The number of nitrogens with zero attached hydrogens (tertiary/aromatic N) is 1. The highest BCUT2D eigenvalue weighted by molar-refractivity contribution is 5.87. The summed E-state index contributed by atoms with van der Waals surface area (Å²) >= 11 is 0. The summed E-state index contributed by atoms with van der Waals surface area (Å²) < 4.78 is 0. The van der Waals surface area contributed by atoms with E-state index in [0.29, 0.717) is 6.54 Å². The first kappa shape index (κ1) is 11.7. The summed E-state index contributed by atoms with van der Waals surface area (Å²) in [7, 11) is 0. The molecule has 3 heteroatoms. The number of carbonyl (C=O) groups is 1. The average molecular weight is 244 g/mol. The van der Waals surface area contributed by atoms with Crippen molar-refractivity contribution in [3.8, 4) is 0 Å². The lowest BCUT2D eigenvalue weighted by molar-refractivity contribution is -0.142. The van der Waals surface area contributed by atoms with Gasteiger partial charge in [0.1, 0.15) is 0 Å². The van der Waals surface area contributed by atoms with E-state index in [2.05, 4.69) is 19.1 Å². The molecule has 2 fully saturated rings. The Balaban J connectivity index is 1.84. The molecule has 1 aliphatic heterocycles. The Morgan fingerprint density at radius 1 is 1.33 bits per heavy atom. The molecule has 2 N–H and O–H groups in total. The molecule has 2 unspecified atom stereocenters. The zero-order chi connectivity index (χ0) is 12.8. The smallest absolute Gasteiger partial charge is 0.230 e. The van der Waals surface area contributed by atoms with Gasteiger partial charge in [-0.2, -0.15) is 0 Å². The van der Waals surface area contributed by atoms with Crippen LogP contribution in [0.15, 0.2) is 30.3 Å². The topological polar surface area (TPSA) is 46.3 Å². The summed E-state index contributed by atoms with van der Waals surface area (Å²) in [6.07, 6.45) is 3.10. The second kappa shape index (κ2) is 4.09. The first-order chi connectivity index (χ1) is 8.65. The number of hydrogen-bond acceptors (Lipinski definition) is 2. The number of likely N-dealkylation sites (tertiary alicyclic amines) is 1. The van der Waals surface area contributed by atoms with Gasteiger partial charge in [-0.1, -0.05) is 36.8 Å². The molecule has 3 nitrogen and oxygen atoms in total. The molecular weight excluding hydrogens is 224 g/mol. The largest absolute Gasteiger partial charge is 0.334 e. The van der Waals surface area contributed by atoms with Crippen molar-refractivity contribution >= 4 is 5.91 Å². The summed E-state index contributed by atoms with van der Waals surface area (Å²) in [6.45, 7) is 2.80. The van der Waals surface area contributed by atoms with Gasteiger partial charge in [0.05, 0.1) is 11.5 Å². The molecule has 1 aliphatic carbocycles. The third-order valence-corrected chi connectivity index (χ3v) is 4.79. The zero-order valence-electron chi connectivity index (χ0n) is 10.8. The highest BCUT2D eigenvalue weighted by Crippen LogP contribution is 2.49. The van der Waals surface area contributed by atoms with E-state index in [1.54, 1.807) is 0 Å². The summed E-state index contributed by atoms with van der Waals surface area (Å²) in [5.41, 5.74) is 7.18. The van der Waals surface area contributed by atoms with Gasteiger partial charge >= 0.3 is 0 Å². The van der Waals surface area contributed by atoms with Crippen LogP contribution in [0.5, 0.6) is 0 Å². The Kier molecular flexibility index (Phi) is 2.67. The first-order valence-corrected chi connectivity index (χ1v) is 6.77. The fourth-order valence-electron chi connectivity index (χ4n) is 3.30. The van der Waals surface area contributed by atoms with Gasteiger partial charge in [-0.25, -0.2) is 0 Å². The van der Waals surface area contributed by atoms with Crippen molar-refractivity contribution in [1.82, 2.24) is 4.90 Å². The van der Waals surface area contributed by atoms with Gasteiger partial charge in [0.2, 0.25) is 5.91 Å². The van der Waals surface area contributed by atoms with Crippen LogP contribution in [0.3, 0.4) is 0 Å². The van der Waals surface area contributed by atoms with Crippen molar-refractivity contribution in [2.24, 2.45) is 11.1 Å². The van der Waals surface area contributed by atoms with Crippen LogP contribution in [0.1, 0.15) is 37.8 Å². The standard InChI is InChI=1S/C15H20N2O/c1-11(12-6-3-2-4-7-12)17-10-13(16)15(14(17)18)8-5-9-15/h2-4,6-7,11,13H,5,8-10,16H2,1H3. The third kappa shape index (κ3) is 1.50. The van der Waals surface area contributed by atoms with E-state index in [9.17, 15) is 4.79 Å². The molecule has 2 aliphatic rings. The molecular formula is C15H20N2O. The molecule has 1 spiro atoms. The average Bonchev–Trinajstić information content (AvgIpc) is 2.61. The lowest BCUT2D eigenvalue weighted by atomic mass is 9.65. The Morgan fingerprint density at radius 3 is 2.50 bits per heavy atom. The maximum Gasteiger partial charge on any atom is 0.230 e. The molecule has 1 aromatic carbocycles. The van der Waals surface area contributed by atoms with E-state index in [4.69, 9.17) is 5.73 Å². The van der Waals surface area contributed by atoms with Crippen LogP contribution in [0.4, 0.5) is 0 Å². The molecule has 1 saturated carbocycles. The zero-order valence-corrected chi connectivity index (χ0v) is 10.8. The third-order valence-electron chi connectivity index (χ3n) is 4.79. The Labute approximate surface area is 108 Å². The van der Waals surface area contributed by atoms with Crippen molar-refractivity contribution in [2.45, 2.75) is 38.3 Å². The first-order valence-electron chi connectivity index (χ1n) is 6.77. The Morgan fingerprint density at radius 2 is 2.00 bits per heavy atom. The van der Waals surface area contributed by atoms with Gasteiger partial charge < -0.3 is 10.6 Å². The Bertz CT molecular complexity index is 453. The number of nitrogens with two attached hydrogens (primary N) is 1. The lowest BCUT2D eigenvalue weighted by Crippen LogP contribution is -2.48. The van der Waals surface area contributed by atoms with Crippen molar-refractivity contribution in [3.63, 3.8) is 0 Å². The number of benzene rings is 1. The predicted molar refractivity (Wildman–Crippen MR) is 70.8 cm³/mol. The second-order valence-corrected chi connectivity index (χ2v) is 5.66. The normalized spacial score (nSPS) is 27.3. The molecule has 1 saturated heterocycles. The van der Waals surface area contributed by atoms with Gasteiger partial charge in [-0.05, 0) is 25.3 Å². The molecule has 0 aromatic heterocycles. The number of amides is 1. The number of hydrogen-bond donors (Lipinski definition) is 1. The second-order valence-electron chi connectivity index (χ2n) is 5.66. The lowest BCUT2D eigenvalue weighted by Gasteiger charge is -2.39. The van der Waals surface area contributed by atoms with Crippen molar-refractivity contribution in [2.75, 3.05) is 6.54 Å². The van der Waals surface area contributed by atoms with E-state index in [1.807, 2.05) is 23.1 Å². The van der Waals surface area contributed by atoms with Crippen LogP contribution in [-0.2, 0) is 4.79 Å². The molecule has 2 atom stereocenters. The van der Waals surface area contributed by atoms with Crippen LogP contribution < -0.4 is 5.73 Å². The predicted octanol–water partition coefficient (Wildman–Crippen LogP) is 2.09. The molecule has 1 amide bonds. The van der Waals surface area contributed by atoms with Crippen LogP contribution in [0, 0.1) is 5.41 Å². The highest BCUT2D eigenvalue weighted by atomic mass is 16.2. The summed E-state index contributed by atoms with van der Waals surface area (Å²) in [4.78, 5) is 14.6. The number of rotatable bonds is 2. The molecule has 18 heavy (non-hydrogen) atoms. The minimum atomic E-state index is -0.219. The highest BCUT2D eigenvalue weighted by Gasteiger charge is 2.56. The van der Waals surface area contributed by atoms with Crippen molar-refractivity contribution < 1.29 is 4.79 Å². The monoisotopic (exact) mass is 244 g/mol. The van der Waals surface area contributed by atoms with Gasteiger partial charge in [-0.15, -0.1) is 0 Å². The van der Waals surface area contributed by atoms with E-state index >= 15 is 0 Å². The van der Waals surface area contributed by atoms with Crippen LogP contribution in [0.25, 0.3) is 0 Å². The van der Waals surface area contributed by atoms with Crippen LogP contribution in [-0.4, -0.2) is 23.4 Å². The molecule has 96 valence electrons. The van der Waals surface area contributed by atoms with Gasteiger partial charge in [0.15, 0.2) is 0 Å². The van der Waals surface area contributed by atoms with Gasteiger partial charge in [-0.3, -0.25) is 4.79 Å². The van der Waals surface area contributed by atoms with E-state index in [0.717, 1.165) is 19.3 Å². The van der Waals surface area contributed by atoms with Crippen molar-refractivity contribution in [3.05, 3.63) is 35.9 Å². The Hall–Kier alpha value is -1.35. The maximum absolute atomic E-state index is 12.6. The van der Waals surface area contributed by atoms with Gasteiger partial charge in [0.25, 0.3) is 0 Å².